The third kappa shape index (κ3) is 6.87. The third-order valence-corrected chi connectivity index (χ3v) is 6.85. The smallest absolute Gasteiger partial charge is 0.465 e. The average molecular weight is 513 g/mol. The second-order valence-electron chi connectivity index (χ2n) is 6.94. The van der Waals surface area contributed by atoms with Gasteiger partial charge in [0.1, 0.15) is 5.75 Å². The molecule has 34 heavy (non-hydrogen) atoms. The van der Waals surface area contributed by atoms with Crippen LogP contribution in [-0.4, -0.2) is 32.8 Å². The van der Waals surface area contributed by atoms with Crippen LogP contribution < -0.4 is 9.46 Å². The van der Waals surface area contributed by atoms with Gasteiger partial charge >= 0.3 is 12.3 Å². The van der Waals surface area contributed by atoms with E-state index in [1.165, 1.54) is 73.6 Å². The molecule has 1 heterocycles. The lowest BCUT2D eigenvalue weighted by atomic mass is 10.1. The number of benzene rings is 2. The number of methoxy groups -OCH3 is 1. The molecular weight excluding hydrogens is 493 g/mol. The molecule has 0 spiro atoms. The largest absolute Gasteiger partial charge is 0.573 e. The van der Waals surface area contributed by atoms with Crippen LogP contribution in [-0.2, 0) is 20.5 Å². The number of nitrogens with one attached hydrogen (secondary N) is 1. The second-order valence-corrected chi connectivity index (χ2v) is 9.62. The first-order valence-corrected chi connectivity index (χ1v) is 12.1. The van der Waals surface area contributed by atoms with Crippen molar-refractivity contribution in [3.05, 3.63) is 77.5 Å². The van der Waals surface area contributed by atoms with Crippen molar-refractivity contribution < 1.29 is 35.9 Å². The molecule has 0 aliphatic heterocycles. The van der Waals surface area contributed by atoms with Crippen molar-refractivity contribution in [1.82, 2.24) is 4.98 Å². The van der Waals surface area contributed by atoms with Crippen LogP contribution in [0.5, 0.6) is 5.75 Å². The number of alkyl halides is 3. The number of aromatic nitrogens is 1. The van der Waals surface area contributed by atoms with Gasteiger partial charge in [-0.1, -0.05) is 18.2 Å². The number of hydrogen-bond donors (Lipinski definition) is 1. The molecule has 0 saturated carbocycles. The number of carbonyl (C=O) groups excluding carboxylic acids is 1. The van der Waals surface area contributed by atoms with Crippen molar-refractivity contribution in [3.8, 4) is 5.75 Å². The van der Waals surface area contributed by atoms with Gasteiger partial charge in [0.05, 0.1) is 34.5 Å². The lowest BCUT2D eigenvalue weighted by molar-refractivity contribution is -0.274. The number of rotatable bonds is 8. The van der Waals surface area contributed by atoms with Gasteiger partial charge < -0.3 is 9.47 Å². The Kier molecular flexibility index (Phi) is 7.72. The maximum absolute atomic E-state index is 12.7. The number of esters is 1. The van der Waals surface area contributed by atoms with Gasteiger partial charge in [0.15, 0.2) is 0 Å². The van der Waals surface area contributed by atoms with Crippen LogP contribution in [0.4, 0.5) is 18.9 Å². The molecule has 3 rings (SSSR count). The molecule has 0 fully saturated rings. The first-order valence-electron chi connectivity index (χ1n) is 9.62. The Hall–Kier alpha value is -3.25. The fourth-order valence-electron chi connectivity index (χ4n) is 2.78. The summed E-state index contributed by atoms with van der Waals surface area (Å²) in [4.78, 5) is 15.9. The van der Waals surface area contributed by atoms with E-state index in [1.54, 1.807) is 13.0 Å². The monoisotopic (exact) mass is 512 g/mol. The minimum absolute atomic E-state index is 0.102. The fourth-order valence-corrected chi connectivity index (χ4v) is 4.65. The summed E-state index contributed by atoms with van der Waals surface area (Å²) in [5.41, 5.74) is 1.70. The summed E-state index contributed by atoms with van der Waals surface area (Å²) in [6.45, 7) is 1.67. The number of hydrogen-bond acceptors (Lipinski definition) is 7. The van der Waals surface area contributed by atoms with Crippen molar-refractivity contribution in [1.29, 1.82) is 0 Å². The van der Waals surface area contributed by atoms with Crippen LogP contribution in [0.25, 0.3) is 0 Å². The molecule has 0 amide bonds. The molecular formula is C22H19F3N2O5S2. The first-order chi connectivity index (χ1) is 16.0. The van der Waals surface area contributed by atoms with Crippen LogP contribution in [0.1, 0.15) is 21.5 Å². The molecule has 7 nitrogen and oxygen atoms in total. The molecule has 0 aliphatic rings. The third-order valence-electron chi connectivity index (χ3n) is 4.46. The Morgan fingerprint density at radius 2 is 1.79 bits per heavy atom. The van der Waals surface area contributed by atoms with E-state index in [-0.39, 0.29) is 21.9 Å². The van der Waals surface area contributed by atoms with Crippen LogP contribution in [0.2, 0.25) is 0 Å². The number of ether oxygens (including phenoxy) is 2. The highest BCUT2D eigenvalue weighted by atomic mass is 32.2. The fraction of sp³-hybridized carbons (Fsp3) is 0.182. The minimum Gasteiger partial charge on any atom is -0.465 e. The molecule has 0 unspecified atom stereocenters. The van der Waals surface area contributed by atoms with Gasteiger partial charge in [-0.15, -0.1) is 24.9 Å². The number of thioether (sulfide) groups is 1. The predicted octanol–water partition coefficient (Wildman–Crippen LogP) is 5.17. The Balaban J connectivity index is 1.63. The van der Waals surface area contributed by atoms with Crippen molar-refractivity contribution in [3.63, 3.8) is 0 Å². The molecule has 1 aromatic heterocycles. The van der Waals surface area contributed by atoms with E-state index in [4.69, 9.17) is 0 Å². The summed E-state index contributed by atoms with van der Waals surface area (Å²) in [5, 5.41) is 0.585. The molecule has 0 aliphatic carbocycles. The molecule has 0 bridgehead atoms. The van der Waals surface area contributed by atoms with Gasteiger partial charge in [-0.2, -0.15) is 0 Å². The van der Waals surface area contributed by atoms with E-state index in [0.717, 1.165) is 5.56 Å². The Bertz CT molecular complexity index is 1260. The van der Waals surface area contributed by atoms with Gasteiger partial charge in [-0.05, 0) is 54.4 Å². The Morgan fingerprint density at radius 1 is 1.09 bits per heavy atom. The summed E-state index contributed by atoms with van der Waals surface area (Å²) < 4.78 is 73.0. The summed E-state index contributed by atoms with van der Waals surface area (Å²) in [6, 6.07) is 12.8. The zero-order valence-corrected chi connectivity index (χ0v) is 19.6. The van der Waals surface area contributed by atoms with Gasteiger partial charge in [0.2, 0.25) is 0 Å². The average Bonchev–Trinajstić information content (AvgIpc) is 2.78. The normalized spacial score (nSPS) is 11.7. The van der Waals surface area contributed by atoms with Crippen LogP contribution in [0.3, 0.4) is 0 Å². The summed E-state index contributed by atoms with van der Waals surface area (Å²) in [6.07, 6.45) is -3.40. The van der Waals surface area contributed by atoms with E-state index < -0.39 is 22.4 Å². The molecule has 0 saturated heterocycles. The molecule has 1 N–H and O–H groups in total. The highest BCUT2D eigenvalue weighted by Crippen LogP contribution is 2.26. The lowest BCUT2D eigenvalue weighted by Gasteiger charge is -2.11. The van der Waals surface area contributed by atoms with Gasteiger partial charge in [-0.3, -0.25) is 4.72 Å². The van der Waals surface area contributed by atoms with Crippen LogP contribution in [0, 0.1) is 6.92 Å². The van der Waals surface area contributed by atoms with E-state index in [1.807, 2.05) is 0 Å². The highest BCUT2D eigenvalue weighted by Gasteiger charge is 2.30. The van der Waals surface area contributed by atoms with Crippen molar-refractivity contribution in [2.24, 2.45) is 0 Å². The summed E-state index contributed by atoms with van der Waals surface area (Å²) in [5.74, 6) is -0.507. The highest BCUT2D eigenvalue weighted by molar-refractivity contribution is 7.98. The van der Waals surface area contributed by atoms with Gasteiger partial charge in [0.25, 0.3) is 10.0 Å². The summed E-state index contributed by atoms with van der Waals surface area (Å²) in [7, 11) is -2.76. The van der Waals surface area contributed by atoms with Gasteiger partial charge in [-0.25, -0.2) is 18.2 Å². The zero-order chi connectivity index (χ0) is 24.9. The topological polar surface area (TPSA) is 94.6 Å². The van der Waals surface area contributed by atoms with Crippen LogP contribution in [0.15, 0.2) is 70.7 Å². The first kappa shape index (κ1) is 25.4. The molecule has 3 aromatic rings. The number of halogens is 3. The Morgan fingerprint density at radius 3 is 2.38 bits per heavy atom. The van der Waals surface area contributed by atoms with Crippen molar-refractivity contribution in [2.75, 3.05) is 11.8 Å². The maximum Gasteiger partial charge on any atom is 0.573 e. The predicted molar refractivity (Wildman–Crippen MR) is 120 cm³/mol. The maximum atomic E-state index is 12.7. The number of anilines is 1. The quantitative estimate of drug-likeness (QED) is 0.329. The standard InChI is InChI=1S/C22H19F3N2O5S2/c1-14-3-9-18(11-19(14)21(28)31-2)34(29,30)27-16-6-10-20(26-12-16)33-13-15-4-7-17(8-5-15)32-22(23,24)25/h3-12,27H,13H2,1-2H3. The molecule has 180 valence electrons. The van der Waals surface area contributed by atoms with Crippen molar-refractivity contribution in [2.45, 2.75) is 29.0 Å². The van der Waals surface area contributed by atoms with Crippen molar-refractivity contribution >= 4 is 33.4 Å². The molecule has 0 atom stereocenters. The van der Waals surface area contributed by atoms with E-state index in [0.29, 0.717) is 16.3 Å². The second kappa shape index (κ2) is 10.3. The van der Waals surface area contributed by atoms with E-state index >= 15 is 0 Å². The number of nitrogens with zero attached hydrogens (tertiary/aromatic N) is 1. The number of carbonyl (C=O) groups is 1. The number of aryl methyl sites for hydroxylation is 1. The Labute approximate surface area is 198 Å². The molecule has 0 radical (unpaired) electrons. The van der Waals surface area contributed by atoms with E-state index in [2.05, 4.69) is 19.2 Å². The zero-order valence-electron chi connectivity index (χ0n) is 17.9. The van der Waals surface area contributed by atoms with Gasteiger partial charge in [0, 0.05) is 5.75 Å². The number of sulfonamides is 1. The molecule has 12 heteroatoms. The molecule has 2 aromatic carbocycles. The summed E-state index contributed by atoms with van der Waals surface area (Å²) >= 11 is 1.32. The SMILES string of the molecule is COC(=O)c1cc(S(=O)(=O)Nc2ccc(SCc3ccc(OC(F)(F)F)cc3)nc2)ccc1C. The van der Waals surface area contributed by atoms with Crippen LogP contribution >= 0.6 is 11.8 Å². The minimum atomic E-state index is -4.74. The number of pyridine rings is 1. The van der Waals surface area contributed by atoms with E-state index in [9.17, 15) is 26.4 Å². The lowest BCUT2D eigenvalue weighted by Crippen LogP contribution is -2.16.